The number of hydrogen-bond acceptors (Lipinski definition) is 6. The lowest BCUT2D eigenvalue weighted by Gasteiger charge is -2.17. The van der Waals surface area contributed by atoms with Crippen molar-refractivity contribution in [3.8, 4) is 12.8 Å². The van der Waals surface area contributed by atoms with E-state index in [1.165, 1.54) is 18.7 Å². The van der Waals surface area contributed by atoms with Crippen molar-refractivity contribution in [1.82, 2.24) is 24.9 Å². The molecule has 0 aliphatic carbocycles. The summed E-state index contributed by atoms with van der Waals surface area (Å²) in [6.45, 7) is 8.12. The van der Waals surface area contributed by atoms with E-state index in [9.17, 15) is 4.79 Å². The third-order valence-corrected chi connectivity index (χ3v) is 5.10. The summed E-state index contributed by atoms with van der Waals surface area (Å²) in [6, 6.07) is 6.08. The van der Waals surface area contributed by atoms with Crippen LogP contribution < -0.4 is 10.2 Å². The standard InChI is InChI=1S/C12H17N5.C6H3Cl2NO.C2H6.C2H2/c1-9-7-14-11-3-4-12(15-17(9)11)16-6-5-10(8-16)13-2;7-5-1-4(3-10)9-2-6(5)8;2*1-2/h3-4,7,10,13H,5-6,8H2,1-2H3;1-3H;1-2H3;1-2H/t10-;;;/m0.../s1. The summed E-state index contributed by atoms with van der Waals surface area (Å²) >= 11 is 11.1. The van der Waals surface area contributed by atoms with Crippen molar-refractivity contribution in [3.05, 3.63) is 52.0 Å². The van der Waals surface area contributed by atoms with Gasteiger partial charge in [0.15, 0.2) is 11.9 Å². The second-order valence-corrected chi connectivity index (χ2v) is 7.04. The molecule has 0 aromatic carbocycles. The number of terminal acetylenes is 1. The van der Waals surface area contributed by atoms with Gasteiger partial charge in [-0.3, -0.25) is 9.78 Å². The minimum Gasteiger partial charge on any atom is -0.354 e. The molecule has 4 heterocycles. The van der Waals surface area contributed by atoms with Crippen LogP contribution >= 0.6 is 23.2 Å². The number of nitrogens with one attached hydrogen (secondary N) is 1. The van der Waals surface area contributed by atoms with E-state index in [1.807, 2.05) is 44.6 Å². The lowest BCUT2D eigenvalue weighted by Crippen LogP contribution is -2.30. The normalized spacial score (nSPS) is 14.5. The highest BCUT2D eigenvalue weighted by molar-refractivity contribution is 6.41. The van der Waals surface area contributed by atoms with Gasteiger partial charge in [-0.1, -0.05) is 37.0 Å². The first-order valence-electron chi connectivity index (χ1n) is 9.85. The van der Waals surface area contributed by atoms with Crippen LogP contribution in [0, 0.1) is 19.8 Å². The van der Waals surface area contributed by atoms with Crippen LogP contribution in [0.1, 0.15) is 36.5 Å². The van der Waals surface area contributed by atoms with Crippen LogP contribution in [0.2, 0.25) is 10.0 Å². The Morgan fingerprint density at radius 1 is 1.16 bits per heavy atom. The molecule has 1 fully saturated rings. The fourth-order valence-corrected chi connectivity index (χ4v) is 3.11. The molecule has 1 saturated heterocycles. The van der Waals surface area contributed by atoms with Crippen molar-refractivity contribution in [2.75, 3.05) is 25.0 Å². The second kappa shape index (κ2) is 13.6. The van der Waals surface area contributed by atoms with E-state index in [0.29, 0.717) is 22.4 Å². The number of carbonyl (C=O) groups is 1. The summed E-state index contributed by atoms with van der Waals surface area (Å²) in [5, 5.41) is 8.66. The van der Waals surface area contributed by atoms with E-state index in [4.69, 9.17) is 23.2 Å². The molecule has 1 N–H and O–H groups in total. The average molecular weight is 463 g/mol. The number of aldehydes is 1. The van der Waals surface area contributed by atoms with Crippen LogP contribution in [-0.4, -0.2) is 52.0 Å². The second-order valence-electron chi connectivity index (χ2n) is 6.22. The number of anilines is 1. The van der Waals surface area contributed by atoms with Gasteiger partial charge in [0.25, 0.3) is 0 Å². The molecule has 31 heavy (non-hydrogen) atoms. The predicted octanol–water partition coefficient (Wildman–Crippen LogP) is 4.31. The van der Waals surface area contributed by atoms with Gasteiger partial charge in [0.05, 0.1) is 21.9 Å². The third kappa shape index (κ3) is 7.21. The summed E-state index contributed by atoms with van der Waals surface area (Å²) in [5.41, 5.74) is 2.27. The number of halogens is 2. The van der Waals surface area contributed by atoms with Crippen molar-refractivity contribution in [3.63, 3.8) is 0 Å². The molecule has 0 saturated carbocycles. The van der Waals surface area contributed by atoms with Crippen LogP contribution in [0.25, 0.3) is 5.65 Å². The summed E-state index contributed by atoms with van der Waals surface area (Å²) in [6.07, 6.45) is 13.0. The molecule has 0 bridgehead atoms. The topological polar surface area (TPSA) is 75.4 Å². The van der Waals surface area contributed by atoms with Crippen LogP contribution in [0.15, 0.2) is 30.6 Å². The van der Waals surface area contributed by atoms with Crippen molar-refractivity contribution in [2.24, 2.45) is 0 Å². The first-order chi connectivity index (χ1) is 15.0. The summed E-state index contributed by atoms with van der Waals surface area (Å²) in [7, 11) is 2.02. The zero-order valence-corrected chi connectivity index (χ0v) is 19.7. The number of nitrogens with zero attached hydrogens (tertiary/aromatic N) is 5. The molecular weight excluding hydrogens is 435 g/mol. The molecule has 0 spiro atoms. The highest BCUT2D eigenvalue weighted by Crippen LogP contribution is 2.20. The molecule has 1 aliphatic rings. The lowest BCUT2D eigenvalue weighted by atomic mass is 10.3. The molecule has 1 atom stereocenters. The van der Waals surface area contributed by atoms with E-state index in [1.54, 1.807) is 0 Å². The van der Waals surface area contributed by atoms with Crippen LogP contribution in [-0.2, 0) is 0 Å². The number of carbonyl (C=O) groups excluding carboxylic acids is 1. The van der Waals surface area contributed by atoms with Gasteiger partial charge in [-0.15, -0.1) is 17.9 Å². The van der Waals surface area contributed by atoms with Crippen LogP contribution in [0.5, 0.6) is 0 Å². The van der Waals surface area contributed by atoms with Crippen molar-refractivity contribution in [2.45, 2.75) is 33.2 Å². The van der Waals surface area contributed by atoms with E-state index >= 15 is 0 Å². The first kappa shape index (κ1) is 26.4. The largest absolute Gasteiger partial charge is 0.354 e. The maximum atomic E-state index is 10.1. The smallest absolute Gasteiger partial charge is 0.168 e. The third-order valence-electron chi connectivity index (χ3n) is 4.39. The number of imidazole rings is 1. The van der Waals surface area contributed by atoms with Gasteiger partial charge in [-0.25, -0.2) is 9.50 Å². The Bertz CT molecular complexity index is 989. The average Bonchev–Trinajstić information content (AvgIpc) is 3.45. The molecule has 3 aromatic rings. The molecule has 0 amide bonds. The number of fused-ring (bicyclic) bond motifs is 1. The van der Waals surface area contributed by atoms with E-state index in [2.05, 4.69) is 44.2 Å². The van der Waals surface area contributed by atoms with Crippen molar-refractivity contribution >= 4 is 41.0 Å². The number of hydrogen-bond donors (Lipinski definition) is 1. The van der Waals surface area contributed by atoms with Gasteiger partial charge >= 0.3 is 0 Å². The molecule has 9 heteroatoms. The Balaban J connectivity index is 0.000000295. The predicted molar refractivity (Wildman–Crippen MR) is 128 cm³/mol. The van der Waals surface area contributed by atoms with Gasteiger partial charge in [0.1, 0.15) is 11.5 Å². The fourth-order valence-electron chi connectivity index (χ4n) is 2.84. The summed E-state index contributed by atoms with van der Waals surface area (Å²) in [5.74, 6) is 1.04. The van der Waals surface area contributed by atoms with Gasteiger partial charge in [-0.2, -0.15) is 0 Å². The zero-order chi connectivity index (χ0) is 23.4. The Morgan fingerprint density at radius 3 is 2.45 bits per heavy atom. The fraction of sp³-hybridized carbons (Fsp3) is 0.364. The Labute approximate surface area is 193 Å². The van der Waals surface area contributed by atoms with Crippen molar-refractivity contribution < 1.29 is 4.79 Å². The number of rotatable bonds is 3. The molecule has 0 unspecified atom stereocenters. The maximum Gasteiger partial charge on any atom is 0.168 e. The molecule has 7 nitrogen and oxygen atoms in total. The SMILES string of the molecule is C#C.CC.CN[C@H]1CCN(c2ccc3ncc(C)n3n2)C1.O=Cc1cc(Cl)c(Cl)cn1. The highest BCUT2D eigenvalue weighted by Gasteiger charge is 2.22. The summed E-state index contributed by atoms with van der Waals surface area (Å²) < 4.78 is 1.90. The maximum absolute atomic E-state index is 10.1. The van der Waals surface area contributed by atoms with Crippen molar-refractivity contribution in [1.29, 1.82) is 0 Å². The molecule has 0 radical (unpaired) electrons. The number of aryl methyl sites for hydroxylation is 1. The molecule has 4 rings (SSSR count). The van der Waals surface area contributed by atoms with E-state index < -0.39 is 0 Å². The van der Waals surface area contributed by atoms with Gasteiger partial charge < -0.3 is 10.2 Å². The monoisotopic (exact) mass is 462 g/mol. The lowest BCUT2D eigenvalue weighted by molar-refractivity contribution is 0.111. The molecule has 3 aromatic heterocycles. The van der Waals surface area contributed by atoms with E-state index in [0.717, 1.165) is 30.2 Å². The molecular formula is C22H28Cl2N6O. The first-order valence-corrected chi connectivity index (χ1v) is 10.6. The molecule has 166 valence electrons. The Hall–Kier alpha value is -2.66. The van der Waals surface area contributed by atoms with Crippen LogP contribution in [0.3, 0.4) is 0 Å². The van der Waals surface area contributed by atoms with E-state index in [-0.39, 0.29) is 5.69 Å². The zero-order valence-electron chi connectivity index (χ0n) is 18.2. The number of aromatic nitrogens is 4. The van der Waals surface area contributed by atoms with Gasteiger partial charge in [-0.05, 0) is 38.6 Å². The highest BCUT2D eigenvalue weighted by atomic mass is 35.5. The summed E-state index contributed by atoms with van der Waals surface area (Å²) in [4.78, 5) is 20.4. The quantitative estimate of drug-likeness (QED) is 0.461. The minimum atomic E-state index is 0.286. The Morgan fingerprint density at radius 2 is 1.87 bits per heavy atom. The van der Waals surface area contributed by atoms with Gasteiger partial charge in [0.2, 0.25) is 0 Å². The number of likely N-dealkylation sites (N-methyl/N-ethyl adjacent to an activating group) is 1. The minimum absolute atomic E-state index is 0.286. The molecule has 1 aliphatic heterocycles. The van der Waals surface area contributed by atoms with Crippen LogP contribution in [0.4, 0.5) is 5.82 Å². The number of pyridine rings is 1. The Kier molecular flexibility index (Phi) is 11.6. The van der Waals surface area contributed by atoms with Gasteiger partial charge in [0, 0.05) is 25.3 Å².